The Labute approximate surface area is 147 Å². The van der Waals surface area contributed by atoms with Crippen LogP contribution in [0.5, 0.6) is 11.5 Å². The van der Waals surface area contributed by atoms with Gasteiger partial charge in [-0.3, -0.25) is 20.4 Å². The molecule has 0 aliphatic heterocycles. The number of rotatable bonds is 5. The number of carbonyl (C=O) groups excluding carboxylic acids is 2. The Kier molecular flexibility index (Phi) is 6.00. The van der Waals surface area contributed by atoms with Crippen molar-refractivity contribution >= 4 is 11.8 Å². The Hall–Kier alpha value is -3.02. The lowest BCUT2D eigenvalue weighted by Crippen LogP contribution is -2.47. The van der Waals surface area contributed by atoms with Gasteiger partial charge in [0, 0.05) is 5.56 Å². The van der Waals surface area contributed by atoms with Crippen molar-refractivity contribution in [3.8, 4) is 11.5 Å². The first-order valence-electron chi connectivity index (χ1n) is 7.89. The van der Waals surface area contributed by atoms with Crippen LogP contribution in [0, 0.1) is 13.8 Å². The molecule has 6 nitrogen and oxygen atoms in total. The Morgan fingerprint density at radius 1 is 1.00 bits per heavy atom. The lowest BCUT2D eigenvalue weighted by molar-refractivity contribution is -0.128. The number of nitrogens with one attached hydrogen (secondary N) is 2. The maximum atomic E-state index is 12.1. The summed E-state index contributed by atoms with van der Waals surface area (Å²) >= 11 is 0. The van der Waals surface area contributed by atoms with Crippen LogP contribution in [0.25, 0.3) is 0 Å². The predicted octanol–water partition coefficient (Wildman–Crippen LogP) is 2.54. The predicted molar refractivity (Wildman–Crippen MR) is 94.6 cm³/mol. The summed E-state index contributed by atoms with van der Waals surface area (Å²) in [6, 6.07) is 12.2. The van der Waals surface area contributed by atoms with E-state index in [-0.39, 0.29) is 0 Å². The standard InChI is InChI=1S/C19H22N2O4/c1-12-6-5-7-17(13(12)2)25-14(3)18(22)20-21-19(23)15-8-10-16(24-4)11-9-15/h5-11,14H,1-4H3,(H,20,22)(H,21,23). The molecule has 0 radical (unpaired) electrons. The average Bonchev–Trinajstić information content (AvgIpc) is 2.63. The maximum absolute atomic E-state index is 12.1. The van der Waals surface area contributed by atoms with Gasteiger partial charge in [-0.1, -0.05) is 12.1 Å². The van der Waals surface area contributed by atoms with Gasteiger partial charge in [0.15, 0.2) is 6.10 Å². The maximum Gasteiger partial charge on any atom is 0.279 e. The van der Waals surface area contributed by atoms with E-state index < -0.39 is 17.9 Å². The first kappa shape index (κ1) is 18.3. The molecule has 2 amide bonds. The van der Waals surface area contributed by atoms with Crippen LogP contribution in [0.15, 0.2) is 42.5 Å². The van der Waals surface area contributed by atoms with E-state index in [1.54, 1.807) is 38.3 Å². The van der Waals surface area contributed by atoms with E-state index >= 15 is 0 Å². The number of hydrogen-bond acceptors (Lipinski definition) is 4. The molecule has 2 N–H and O–H groups in total. The molecule has 25 heavy (non-hydrogen) atoms. The van der Waals surface area contributed by atoms with E-state index in [0.29, 0.717) is 17.1 Å². The van der Waals surface area contributed by atoms with E-state index in [4.69, 9.17) is 9.47 Å². The van der Waals surface area contributed by atoms with E-state index in [9.17, 15) is 9.59 Å². The van der Waals surface area contributed by atoms with Crippen molar-refractivity contribution in [1.82, 2.24) is 10.9 Å². The van der Waals surface area contributed by atoms with Crippen LogP contribution in [0.4, 0.5) is 0 Å². The first-order chi connectivity index (χ1) is 11.9. The van der Waals surface area contributed by atoms with Crippen LogP contribution >= 0.6 is 0 Å². The highest BCUT2D eigenvalue weighted by molar-refractivity contribution is 5.95. The van der Waals surface area contributed by atoms with E-state index in [0.717, 1.165) is 11.1 Å². The summed E-state index contributed by atoms with van der Waals surface area (Å²) in [5.41, 5.74) is 7.20. The molecule has 0 aliphatic rings. The molecule has 1 unspecified atom stereocenters. The second-order valence-electron chi connectivity index (χ2n) is 5.63. The summed E-state index contributed by atoms with van der Waals surface area (Å²) in [5, 5.41) is 0. The first-order valence-corrected chi connectivity index (χ1v) is 7.89. The number of hydrazine groups is 1. The van der Waals surface area contributed by atoms with Crippen molar-refractivity contribution in [2.24, 2.45) is 0 Å². The van der Waals surface area contributed by atoms with Gasteiger partial charge >= 0.3 is 0 Å². The van der Waals surface area contributed by atoms with Gasteiger partial charge in [0.25, 0.3) is 11.8 Å². The monoisotopic (exact) mass is 342 g/mol. The zero-order valence-electron chi connectivity index (χ0n) is 14.8. The minimum Gasteiger partial charge on any atom is -0.497 e. The van der Waals surface area contributed by atoms with Crippen molar-refractivity contribution in [2.75, 3.05) is 7.11 Å². The summed E-state index contributed by atoms with van der Waals surface area (Å²) < 4.78 is 10.7. The SMILES string of the molecule is COc1ccc(C(=O)NNC(=O)C(C)Oc2cccc(C)c2C)cc1. The van der Waals surface area contributed by atoms with Crippen LogP contribution in [-0.4, -0.2) is 25.0 Å². The second-order valence-corrected chi connectivity index (χ2v) is 5.63. The van der Waals surface area contributed by atoms with Gasteiger partial charge in [-0.15, -0.1) is 0 Å². The van der Waals surface area contributed by atoms with Crippen molar-refractivity contribution in [1.29, 1.82) is 0 Å². The Morgan fingerprint density at radius 3 is 2.32 bits per heavy atom. The van der Waals surface area contributed by atoms with Crippen molar-refractivity contribution < 1.29 is 19.1 Å². The lowest BCUT2D eigenvalue weighted by atomic mass is 10.1. The molecular weight excluding hydrogens is 320 g/mol. The van der Waals surface area contributed by atoms with Crippen LogP contribution in [-0.2, 0) is 4.79 Å². The Morgan fingerprint density at radius 2 is 1.68 bits per heavy atom. The highest BCUT2D eigenvalue weighted by Gasteiger charge is 2.17. The topological polar surface area (TPSA) is 76.7 Å². The van der Waals surface area contributed by atoms with Crippen molar-refractivity contribution in [3.05, 3.63) is 59.2 Å². The summed E-state index contributed by atoms with van der Waals surface area (Å²) in [6.45, 7) is 5.53. The normalized spacial score (nSPS) is 11.4. The molecule has 2 aromatic rings. The summed E-state index contributed by atoms with van der Waals surface area (Å²) in [6.07, 6.45) is -0.753. The highest BCUT2D eigenvalue weighted by Crippen LogP contribution is 2.21. The largest absolute Gasteiger partial charge is 0.497 e. The second kappa shape index (κ2) is 8.19. The van der Waals surface area contributed by atoms with Crippen molar-refractivity contribution in [2.45, 2.75) is 26.9 Å². The van der Waals surface area contributed by atoms with Crippen molar-refractivity contribution in [3.63, 3.8) is 0 Å². The number of aryl methyl sites for hydroxylation is 1. The van der Waals surface area contributed by atoms with Crippen LogP contribution < -0.4 is 20.3 Å². The average molecular weight is 342 g/mol. The van der Waals surface area contributed by atoms with Crippen LogP contribution in [0.1, 0.15) is 28.4 Å². The molecule has 0 spiro atoms. The van der Waals surface area contributed by atoms with Crippen LogP contribution in [0.2, 0.25) is 0 Å². The van der Waals surface area contributed by atoms with E-state index in [2.05, 4.69) is 10.9 Å². The number of methoxy groups -OCH3 is 1. The molecule has 0 saturated carbocycles. The van der Waals surface area contributed by atoms with Crippen LogP contribution in [0.3, 0.4) is 0 Å². The smallest absolute Gasteiger partial charge is 0.279 e. The number of ether oxygens (including phenoxy) is 2. The van der Waals surface area contributed by atoms with Gasteiger partial charge in [-0.25, -0.2) is 0 Å². The fraction of sp³-hybridized carbons (Fsp3) is 0.263. The zero-order chi connectivity index (χ0) is 18.4. The molecule has 2 aromatic carbocycles. The third-order valence-corrected chi connectivity index (χ3v) is 3.88. The fourth-order valence-electron chi connectivity index (χ4n) is 2.13. The molecule has 0 saturated heterocycles. The molecule has 1 atom stereocenters. The molecule has 2 rings (SSSR count). The quantitative estimate of drug-likeness (QED) is 0.819. The molecule has 0 fully saturated rings. The molecular formula is C19H22N2O4. The Bertz CT molecular complexity index is 757. The van der Waals surface area contributed by atoms with Gasteiger partial charge in [0.05, 0.1) is 7.11 Å². The minimum absolute atomic E-state index is 0.407. The van der Waals surface area contributed by atoms with E-state index in [1.165, 1.54) is 0 Å². The Balaban J connectivity index is 1.90. The van der Waals surface area contributed by atoms with Gasteiger partial charge in [-0.2, -0.15) is 0 Å². The number of carbonyl (C=O) groups is 2. The minimum atomic E-state index is -0.753. The molecule has 0 aromatic heterocycles. The van der Waals surface area contributed by atoms with E-state index in [1.807, 2.05) is 32.0 Å². The third-order valence-electron chi connectivity index (χ3n) is 3.88. The summed E-state index contributed by atoms with van der Waals surface area (Å²) in [4.78, 5) is 24.1. The van der Waals surface area contributed by atoms with Gasteiger partial charge < -0.3 is 9.47 Å². The summed E-state index contributed by atoms with van der Waals surface area (Å²) in [5.74, 6) is 0.429. The molecule has 0 heterocycles. The molecule has 0 bridgehead atoms. The van der Waals surface area contributed by atoms with Gasteiger partial charge in [-0.05, 0) is 62.2 Å². The van der Waals surface area contributed by atoms with Gasteiger partial charge in [0.1, 0.15) is 11.5 Å². The summed E-state index contributed by atoms with van der Waals surface area (Å²) in [7, 11) is 1.55. The molecule has 132 valence electrons. The number of amides is 2. The molecule has 0 aliphatic carbocycles. The third kappa shape index (κ3) is 4.73. The number of hydrogen-bond donors (Lipinski definition) is 2. The highest BCUT2D eigenvalue weighted by atomic mass is 16.5. The van der Waals surface area contributed by atoms with Gasteiger partial charge in [0.2, 0.25) is 0 Å². The zero-order valence-corrected chi connectivity index (χ0v) is 14.8. The molecule has 6 heteroatoms. The fourth-order valence-corrected chi connectivity index (χ4v) is 2.13. The lowest BCUT2D eigenvalue weighted by Gasteiger charge is -2.17. The number of benzene rings is 2.